The first-order valence-electron chi connectivity index (χ1n) is 9.57. The molecule has 4 heteroatoms. The van der Waals surface area contributed by atoms with Crippen LogP contribution in [-0.2, 0) is 5.41 Å². The van der Waals surface area contributed by atoms with Crippen LogP contribution in [0.2, 0.25) is 0 Å². The summed E-state index contributed by atoms with van der Waals surface area (Å²) < 4.78 is 0. The van der Waals surface area contributed by atoms with E-state index in [1.165, 1.54) is 11.3 Å². The predicted molar refractivity (Wildman–Crippen MR) is 91.7 cm³/mol. The number of anilines is 1. The Hall–Kier alpha value is -1.10. The largest absolute Gasteiger partial charge is 0.392 e. The topological polar surface area (TPSA) is 46.9 Å². The number of likely N-dealkylation sites (N-methyl/N-ethyl adjacent to an activating group) is 1. The van der Waals surface area contributed by atoms with Crippen molar-refractivity contribution in [1.29, 1.82) is 0 Å². The summed E-state index contributed by atoms with van der Waals surface area (Å²) in [6, 6.07) is 9.70. The van der Waals surface area contributed by atoms with E-state index in [1.54, 1.807) is 0 Å². The molecule has 5 aliphatic heterocycles. The second-order valence-corrected chi connectivity index (χ2v) is 8.81. The molecular weight excluding hydrogens is 300 g/mol. The highest BCUT2D eigenvalue weighted by Crippen LogP contribution is 2.68. The second-order valence-electron chi connectivity index (χ2n) is 8.81. The number of hydrogen-bond donors (Lipinski definition) is 2. The molecule has 2 N–H and O–H groups in total. The number of para-hydroxylation sites is 1. The van der Waals surface area contributed by atoms with Crippen molar-refractivity contribution in [3.05, 3.63) is 29.8 Å². The molecule has 5 heterocycles. The first-order chi connectivity index (χ1) is 11.6. The number of aliphatic hydroxyl groups is 2. The molecular formula is C20H26N2O2. The van der Waals surface area contributed by atoms with Gasteiger partial charge in [-0.3, -0.25) is 4.90 Å². The monoisotopic (exact) mass is 326 g/mol. The Morgan fingerprint density at radius 2 is 2.00 bits per heavy atom. The lowest BCUT2D eigenvalue weighted by Crippen LogP contribution is -2.72. The first-order valence-corrected chi connectivity index (χ1v) is 9.57. The summed E-state index contributed by atoms with van der Waals surface area (Å²) in [7, 11) is 2.19. The van der Waals surface area contributed by atoms with Crippen LogP contribution in [0.25, 0.3) is 0 Å². The molecule has 1 saturated carbocycles. The molecule has 0 radical (unpaired) electrons. The number of hydrogen-bond acceptors (Lipinski definition) is 4. The molecule has 1 aliphatic carbocycles. The Labute approximate surface area is 143 Å². The minimum Gasteiger partial charge on any atom is -0.392 e. The minimum atomic E-state index is -0.319. The van der Waals surface area contributed by atoms with Gasteiger partial charge in [0.05, 0.1) is 12.1 Å². The van der Waals surface area contributed by atoms with Gasteiger partial charge in [-0.25, -0.2) is 0 Å². The average Bonchev–Trinajstić information content (AvgIpc) is 2.97. The van der Waals surface area contributed by atoms with Gasteiger partial charge < -0.3 is 15.1 Å². The quantitative estimate of drug-likeness (QED) is 0.822. The molecule has 0 amide bonds. The van der Waals surface area contributed by atoms with Gasteiger partial charge in [0.15, 0.2) is 0 Å². The summed E-state index contributed by atoms with van der Waals surface area (Å²) in [6.45, 7) is 2.19. The number of fused-ring (bicyclic) bond motifs is 2. The molecule has 6 aliphatic rings. The van der Waals surface area contributed by atoms with E-state index < -0.39 is 0 Å². The highest BCUT2D eigenvalue weighted by molar-refractivity contribution is 5.67. The lowest BCUT2D eigenvalue weighted by Gasteiger charge is -2.62. The fourth-order valence-corrected chi connectivity index (χ4v) is 7.88. The maximum absolute atomic E-state index is 11.6. The zero-order valence-corrected chi connectivity index (χ0v) is 14.3. The third kappa shape index (κ3) is 1.20. The summed E-state index contributed by atoms with van der Waals surface area (Å²) in [5.41, 5.74) is 2.51. The molecule has 128 valence electrons. The molecule has 4 saturated heterocycles. The fraction of sp³-hybridized carbons (Fsp3) is 0.700. The molecule has 24 heavy (non-hydrogen) atoms. The predicted octanol–water partition coefficient (Wildman–Crippen LogP) is 1.55. The van der Waals surface area contributed by atoms with Gasteiger partial charge in [-0.05, 0) is 36.8 Å². The molecule has 4 nitrogen and oxygen atoms in total. The third-order valence-corrected chi connectivity index (χ3v) is 8.46. The van der Waals surface area contributed by atoms with Crippen LogP contribution in [0, 0.1) is 17.8 Å². The average molecular weight is 326 g/mol. The van der Waals surface area contributed by atoms with Crippen LogP contribution in [0.4, 0.5) is 5.69 Å². The van der Waals surface area contributed by atoms with Crippen LogP contribution in [0.15, 0.2) is 24.3 Å². The van der Waals surface area contributed by atoms with Crippen LogP contribution in [0.3, 0.4) is 0 Å². The summed E-state index contributed by atoms with van der Waals surface area (Å²) in [6.07, 6.45) is 2.56. The smallest absolute Gasteiger partial charge is 0.111 e. The number of rotatable bonds is 1. The van der Waals surface area contributed by atoms with E-state index in [4.69, 9.17) is 0 Å². The Bertz CT molecular complexity index is 723. The Morgan fingerprint density at radius 1 is 1.21 bits per heavy atom. The van der Waals surface area contributed by atoms with E-state index in [2.05, 4.69) is 48.0 Å². The van der Waals surface area contributed by atoms with Crippen LogP contribution < -0.4 is 4.90 Å². The van der Waals surface area contributed by atoms with E-state index in [0.717, 1.165) is 19.3 Å². The van der Waals surface area contributed by atoms with Crippen molar-refractivity contribution < 1.29 is 10.2 Å². The maximum Gasteiger partial charge on any atom is 0.111 e. The number of nitrogens with zero attached hydrogens (tertiary/aromatic N) is 2. The first kappa shape index (κ1) is 14.1. The van der Waals surface area contributed by atoms with Crippen LogP contribution in [-0.4, -0.2) is 52.6 Å². The van der Waals surface area contributed by atoms with Gasteiger partial charge in [-0.15, -0.1) is 0 Å². The number of piperidine rings is 4. The summed E-state index contributed by atoms with van der Waals surface area (Å²) in [5.74, 6) is 1.14. The molecule has 10 atom stereocenters. The van der Waals surface area contributed by atoms with Gasteiger partial charge >= 0.3 is 0 Å². The Balaban J connectivity index is 1.60. The Kier molecular flexibility index (Phi) is 2.45. The van der Waals surface area contributed by atoms with Crippen molar-refractivity contribution >= 4 is 5.69 Å². The standard InChI is InChI=1S/C20H26N2O2/c1-3-10-11-8-14-17-20(12-6-4-5-7-13(12)21(17)2)9-15(16(11)18(20)23)22(14)19(10)24/h4-7,10-11,14-19,23-24H,3,8-9H2,1-2H3/t10-,11+,14?,15+,16+,17-,18?,19+,20+/m0/s1. The van der Waals surface area contributed by atoms with Gasteiger partial charge in [-0.2, -0.15) is 0 Å². The zero-order valence-electron chi connectivity index (χ0n) is 14.3. The van der Waals surface area contributed by atoms with Crippen LogP contribution in [0.1, 0.15) is 31.7 Å². The zero-order chi connectivity index (χ0) is 16.4. The lowest BCUT2D eigenvalue weighted by atomic mass is 9.62. The summed E-state index contributed by atoms with van der Waals surface area (Å²) in [4.78, 5) is 4.83. The van der Waals surface area contributed by atoms with Crippen molar-refractivity contribution in [3.63, 3.8) is 0 Å². The molecule has 3 unspecified atom stereocenters. The fourth-order valence-electron chi connectivity index (χ4n) is 7.88. The van der Waals surface area contributed by atoms with Crippen molar-refractivity contribution in [2.75, 3.05) is 11.9 Å². The molecule has 1 aromatic rings. The highest BCUT2D eigenvalue weighted by atomic mass is 16.3. The number of benzene rings is 1. The normalized spacial score (nSPS) is 55.8. The molecule has 5 fully saturated rings. The van der Waals surface area contributed by atoms with Crippen LogP contribution in [0.5, 0.6) is 0 Å². The molecule has 1 spiro atoms. The van der Waals surface area contributed by atoms with Crippen molar-refractivity contribution in [2.24, 2.45) is 17.8 Å². The summed E-state index contributed by atoms with van der Waals surface area (Å²) in [5, 5.41) is 22.6. The van der Waals surface area contributed by atoms with E-state index >= 15 is 0 Å². The van der Waals surface area contributed by atoms with Crippen molar-refractivity contribution in [3.8, 4) is 0 Å². The third-order valence-electron chi connectivity index (χ3n) is 8.46. The molecule has 0 aromatic heterocycles. The van der Waals surface area contributed by atoms with Gasteiger partial charge in [0.25, 0.3) is 0 Å². The van der Waals surface area contributed by atoms with Gasteiger partial charge in [0, 0.05) is 42.1 Å². The number of aliphatic hydroxyl groups excluding tert-OH is 2. The van der Waals surface area contributed by atoms with Crippen molar-refractivity contribution in [2.45, 2.75) is 62.1 Å². The summed E-state index contributed by atoms with van der Waals surface area (Å²) >= 11 is 0. The minimum absolute atomic E-state index is 0.126. The Morgan fingerprint density at radius 3 is 2.79 bits per heavy atom. The van der Waals surface area contributed by atoms with E-state index in [-0.39, 0.29) is 17.7 Å². The van der Waals surface area contributed by atoms with Crippen LogP contribution >= 0.6 is 0 Å². The van der Waals surface area contributed by atoms with Gasteiger partial charge in [0.2, 0.25) is 0 Å². The second kappa shape index (κ2) is 4.17. The van der Waals surface area contributed by atoms with Gasteiger partial charge in [-0.1, -0.05) is 25.1 Å². The molecule has 1 aromatic carbocycles. The van der Waals surface area contributed by atoms with Gasteiger partial charge in [0.1, 0.15) is 6.23 Å². The lowest BCUT2D eigenvalue weighted by molar-refractivity contribution is -0.211. The SMILES string of the molecule is CC[C@H]1[C@H]2CC3[C@@H]4N(C)c5ccccc5[C@]45C[C@H]([C@@H]2C5O)N3[C@@H]1O. The maximum atomic E-state index is 11.6. The van der Waals surface area contributed by atoms with Crippen molar-refractivity contribution in [1.82, 2.24) is 4.90 Å². The van der Waals surface area contributed by atoms with E-state index in [9.17, 15) is 10.2 Å². The van der Waals surface area contributed by atoms with E-state index in [0.29, 0.717) is 35.9 Å². The highest BCUT2D eigenvalue weighted by Gasteiger charge is 2.76. The van der Waals surface area contributed by atoms with E-state index in [1.807, 2.05) is 0 Å². The molecule has 7 rings (SSSR count). The molecule has 5 bridgehead atoms.